The molecule has 0 atom stereocenters. The van der Waals surface area contributed by atoms with Crippen molar-refractivity contribution < 1.29 is 14.6 Å². The van der Waals surface area contributed by atoms with Crippen molar-refractivity contribution in [2.45, 2.75) is 6.61 Å². The Bertz CT molecular complexity index is 705. The van der Waals surface area contributed by atoms with E-state index in [9.17, 15) is 20.2 Å². The second kappa shape index (κ2) is 6.19. The zero-order valence-electron chi connectivity index (χ0n) is 10.6. The maximum atomic E-state index is 10.7. The lowest BCUT2D eigenvalue weighted by molar-refractivity contribution is -0.385. The van der Waals surface area contributed by atoms with Gasteiger partial charge in [0, 0.05) is 18.2 Å². The first-order chi connectivity index (χ1) is 9.97. The van der Waals surface area contributed by atoms with Gasteiger partial charge in [-0.1, -0.05) is 23.7 Å². The van der Waals surface area contributed by atoms with Gasteiger partial charge in [0.1, 0.15) is 12.4 Å². The van der Waals surface area contributed by atoms with E-state index in [1.54, 1.807) is 6.07 Å². The molecule has 2 rings (SSSR count). The molecule has 0 spiro atoms. The molecule has 0 radical (unpaired) electrons. The van der Waals surface area contributed by atoms with Crippen LogP contribution < -0.4 is 4.74 Å². The van der Waals surface area contributed by atoms with Gasteiger partial charge in [-0.2, -0.15) is 0 Å². The number of hydrogen-bond acceptors (Lipinski definition) is 5. The number of halogens is 1. The van der Waals surface area contributed by atoms with Crippen molar-refractivity contribution in [3.63, 3.8) is 0 Å². The van der Waals surface area contributed by atoms with Crippen LogP contribution in [0.2, 0.25) is 5.02 Å². The van der Waals surface area contributed by atoms with E-state index in [1.165, 1.54) is 36.4 Å². The summed E-state index contributed by atoms with van der Waals surface area (Å²) >= 11 is 5.89. The Kier molecular flexibility index (Phi) is 4.34. The number of hydrogen-bond donors (Lipinski definition) is 0. The summed E-state index contributed by atoms with van der Waals surface area (Å²) in [4.78, 5) is 20.3. The van der Waals surface area contributed by atoms with Gasteiger partial charge < -0.3 is 4.74 Å². The predicted octanol–water partition coefficient (Wildman–Crippen LogP) is 3.74. The Hall–Kier alpha value is -2.67. The van der Waals surface area contributed by atoms with E-state index in [4.69, 9.17) is 16.3 Å². The second-order valence-electron chi connectivity index (χ2n) is 4.09. The van der Waals surface area contributed by atoms with Crippen molar-refractivity contribution in [3.8, 4) is 5.75 Å². The van der Waals surface area contributed by atoms with E-state index in [1.807, 2.05) is 0 Å². The van der Waals surface area contributed by atoms with Gasteiger partial charge in [0.2, 0.25) is 0 Å². The lowest BCUT2D eigenvalue weighted by Crippen LogP contribution is -1.98. The molecular weight excluding hydrogens is 300 g/mol. The molecule has 108 valence electrons. The SMILES string of the molecule is O=[N+]([O-])c1cccc(COc2cc([N+](=O)[O-])ccc2Cl)c1. The smallest absolute Gasteiger partial charge is 0.273 e. The molecule has 0 amide bonds. The number of rotatable bonds is 5. The molecule has 0 saturated heterocycles. The molecule has 0 aliphatic rings. The summed E-state index contributed by atoms with van der Waals surface area (Å²) in [5.41, 5.74) is 0.362. The second-order valence-corrected chi connectivity index (χ2v) is 4.49. The molecule has 2 aromatic carbocycles. The molecule has 0 fully saturated rings. The van der Waals surface area contributed by atoms with Gasteiger partial charge >= 0.3 is 0 Å². The number of nitro benzene ring substituents is 2. The Morgan fingerprint density at radius 1 is 1.00 bits per heavy atom. The van der Waals surface area contributed by atoms with Crippen LogP contribution in [0.5, 0.6) is 5.75 Å². The van der Waals surface area contributed by atoms with Crippen molar-refractivity contribution in [2.75, 3.05) is 0 Å². The summed E-state index contributed by atoms with van der Waals surface area (Å²) in [5.74, 6) is 0.150. The maximum Gasteiger partial charge on any atom is 0.273 e. The van der Waals surface area contributed by atoms with Crippen LogP contribution in [0.1, 0.15) is 5.56 Å². The fourth-order valence-electron chi connectivity index (χ4n) is 1.64. The minimum absolute atomic E-state index is 0.0164. The predicted molar refractivity (Wildman–Crippen MR) is 75.5 cm³/mol. The first kappa shape index (κ1) is 14.7. The molecule has 2 aromatic rings. The fraction of sp³-hybridized carbons (Fsp3) is 0.0769. The Labute approximate surface area is 124 Å². The average Bonchev–Trinajstić information content (AvgIpc) is 2.46. The van der Waals surface area contributed by atoms with Crippen LogP contribution in [0.3, 0.4) is 0 Å². The molecule has 0 saturated carbocycles. The minimum Gasteiger partial charge on any atom is -0.487 e. The van der Waals surface area contributed by atoms with Gasteiger partial charge in [0.15, 0.2) is 0 Å². The summed E-state index contributed by atoms with van der Waals surface area (Å²) in [6.07, 6.45) is 0. The van der Waals surface area contributed by atoms with E-state index in [0.717, 1.165) is 0 Å². The van der Waals surface area contributed by atoms with Crippen LogP contribution >= 0.6 is 11.6 Å². The quantitative estimate of drug-likeness (QED) is 0.619. The third kappa shape index (κ3) is 3.67. The largest absolute Gasteiger partial charge is 0.487 e. The van der Waals surface area contributed by atoms with Gasteiger partial charge in [-0.3, -0.25) is 20.2 Å². The molecule has 0 aliphatic carbocycles. The maximum absolute atomic E-state index is 10.7. The normalized spacial score (nSPS) is 10.1. The molecule has 7 nitrogen and oxygen atoms in total. The number of benzene rings is 2. The Balaban J connectivity index is 2.16. The van der Waals surface area contributed by atoms with Crippen LogP contribution in [0.15, 0.2) is 42.5 Å². The third-order valence-corrected chi connectivity index (χ3v) is 2.95. The van der Waals surface area contributed by atoms with Crippen LogP contribution in [-0.4, -0.2) is 9.85 Å². The highest BCUT2D eigenvalue weighted by Crippen LogP contribution is 2.29. The van der Waals surface area contributed by atoms with Gasteiger partial charge in [-0.25, -0.2) is 0 Å². The number of non-ortho nitro benzene ring substituents is 2. The highest BCUT2D eigenvalue weighted by molar-refractivity contribution is 6.32. The van der Waals surface area contributed by atoms with Gasteiger partial charge in [0.25, 0.3) is 11.4 Å². The highest BCUT2D eigenvalue weighted by Gasteiger charge is 2.12. The molecule has 0 aliphatic heterocycles. The first-order valence-electron chi connectivity index (χ1n) is 5.77. The van der Waals surface area contributed by atoms with E-state index < -0.39 is 9.85 Å². The van der Waals surface area contributed by atoms with Gasteiger partial charge in [-0.05, 0) is 11.6 Å². The number of nitro groups is 2. The lowest BCUT2D eigenvalue weighted by Gasteiger charge is -2.07. The topological polar surface area (TPSA) is 95.5 Å². The molecule has 0 bridgehead atoms. The van der Waals surface area contributed by atoms with Crippen molar-refractivity contribution in [1.82, 2.24) is 0 Å². The van der Waals surface area contributed by atoms with Crippen molar-refractivity contribution in [3.05, 3.63) is 73.3 Å². The summed E-state index contributed by atoms with van der Waals surface area (Å²) in [5, 5.41) is 21.6. The average molecular weight is 309 g/mol. The molecule has 8 heteroatoms. The van der Waals surface area contributed by atoms with Crippen LogP contribution in [0.25, 0.3) is 0 Å². The molecule has 0 heterocycles. The zero-order valence-corrected chi connectivity index (χ0v) is 11.3. The Morgan fingerprint density at radius 2 is 1.67 bits per heavy atom. The zero-order chi connectivity index (χ0) is 15.4. The number of ether oxygens (including phenoxy) is 1. The lowest BCUT2D eigenvalue weighted by atomic mass is 10.2. The molecular formula is C13H9ClN2O5. The van der Waals surface area contributed by atoms with E-state index in [0.29, 0.717) is 5.56 Å². The van der Waals surface area contributed by atoms with E-state index >= 15 is 0 Å². The summed E-state index contributed by atoms with van der Waals surface area (Å²) in [6, 6.07) is 9.75. The minimum atomic E-state index is -0.559. The molecule has 0 N–H and O–H groups in total. The van der Waals surface area contributed by atoms with Crippen LogP contribution in [0.4, 0.5) is 11.4 Å². The van der Waals surface area contributed by atoms with E-state index in [2.05, 4.69) is 0 Å². The third-order valence-electron chi connectivity index (χ3n) is 2.64. The first-order valence-corrected chi connectivity index (χ1v) is 6.15. The van der Waals surface area contributed by atoms with E-state index in [-0.39, 0.29) is 28.8 Å². The van der Waals surface area contributed by atoms with Crippen LogP contribution in [-0.2, 0) is 6.61 Å². The summed E-state index contributed by atoms with van der Waals surface area (Å²) < 4.78 is 5.39. The fourth-order valence-corrected chi connectivity index (χ4v) is 1.81. The standard InChI is InChI=1S/C13H9ClN2O5/c14-12-5-4-11(16(19)20)7-13(12)21-8-9-2-1-3-10(6-9)15(17)18/h1-7H,8H2. The molecule has 21 heavy (non-hydrogen) atoms. The summed E-state index contributed by atoms with van der Waals surface area (Å²) in [7, 11) is 0. The molecule has 0 unspecified atom stereocenters. The number of nitrogens with zero attached hydrogens (tertiary/aromatic N) is 2. The van der Waals surface area contributed by atoms with Crippen molar-refractivity contribution in [2.24, 2.45) is 0 Å². The van der Waals surface area contributed by atoms with Gasteiger partial charge in [0.05, 0.1) is 20.9 Å². The summed E-state index contributed by atoms with van der Waals surface area (Å²) in [6.45, 7) is 0.0164. The highest BCUT2D eigenvalue weighted by atomic mass is 35.5. The monoisotopic (exact) mass is 308 g/mol. The van der Waals surface area contributed by atoms with Crippen LogP contribution in [0, 0.1) is 20.2 Å². The van der Waals surface area contributed by atoms with Crippen molar-refractivity contribution >= 4 is 23.0 Å². The molecule has 0 aromatic heterocycles. The Morgan fingerprint density at radius 3 is 2.33 bits per heavy atom. The van der Waals surface area contributed by atoms with Crippen molar-refractivity contribution in [1.29, 1.82) is 0 Å². The van der Waals surface area contributed by atoms with Gasteiger partial charge in [-0.15, -0.1) is 0 Å².